The molecule has 0 fully saturated rings. The lowest BCUT2D eigenvalue weighted by molar-refractivity contribution is 0.0939. The summed E-state index contributed by atoms with van der Waals surface area (Å²) in [4.78, 5) is 14.0. The van der Waals surface area contributed by atoms with Crippen molar-refractivity contribution in [3.05, 3.63) is 29.8 Å². The maximum absolute atomic E-state index is 12.1. The fraction of sp³-hybridized carbons (Fsp3) is 0.533. The van der Waals surface area contributed by atoms with Gasteiger partial charge in [-0.25, -0.2) is 13.1 Å². The maximum Gasteiger partial charge on any atom is 0.251 e. The third-order valence-electron chi connectivity index (χ3n) is 3.27. The average Bonchev–Trinajstić information content (AvgIpc) is 2.46. The number of nitrogens with one attached hydrogen (secondary N) is 2. The molecule has 124 valence electrons. The van der Waals surface area contributed by atoms with E-state index in [1.54, 1.807) is 0 Å². The number of carbonyl (C=O) groups is 1. The lowest BCUT2D eigenvalue weighted by atomic mass is 10.2. The first-order chi connectivity index (χ1) is 10.3. The van der Waals surface area contributed by atoms with E-state index >= 15 is 0 Å². The van der Waals surface area contributed by atoms with E-state index in [2.05, 4.69) is 10.0 Å². The van der Waals surface area contributed by atoms with Crippen molar-refractivity contribution in [1.82, 2.24) is 14.9 Å². The van der Waals surface area contributed by atoms with E-state index in [0.717, 1.165) is 6.42 Å². The monoisotopic (exact) mass is 327 g/mol. The Morgan fingerprint density at radius 1 is 1.23 bits per heavy atom. The van der Waals surface area contributed by atoms with Crippen LogP contribution in [0.25, 0.3) is 0 Å². The Morgan fingerprint density at radius 2 is 1.82 bits per heavy atom. The van der Waals surface area contributed by atoms with Crippen LogP contribution in [0.1, 0.15) is 30.6 Å². The number of nitrogens with zero attached hydrogens (tertiary/aromatic N) is 1. The third kappa shape index (κ3) is 5.75. The summed E-state index contributed by atoms with van der Waals surface area (Å²) in [5.74, 6) is -0.195. The third-order valence-corrected chi connectivity index (χ3v) is 4.74. The van der Waals surface area contributed by atoms with Crippen LogP contribution in [-0.4, -0.2) is 52.5 Å². The van der Waals surface area contributed by atoms with Crippen molar-refractivity contribution in [2.45, 2.75) is 31.2 Å². The Labute approximate surface area is 132 Å². The fourth-order valence-corrected chi connectivity index (χ4v) is 2.70. The summed E-state index contributed by atoms with van der Waals surface area (Å²) in [6, 6.07) is 6.03. The van der Waals surface area contributed by atoms with Crippen molar-refractivity contribution in [3.8, 4) is 0 Å². The Balaban J connectivity index is 2.73. The van der Waals surface area contributed by atoms with E-state index in [9.17, 15) is 13.2 Å². The first kappa shape index (κ1) is 18.6. The van der Waals surface area contributed by atoms with Crippen LogP contribution in [0.2, 0.25) is 0 Å². The Morgan fingerprint density at radius 3 is 2.32 bits per heavy atom. The van der Waals surface area contributed by atoms with Gasteiger partial charge in [-0.1, -0.05) is 6.92 Å². The standard InChI is InChI=1S/C15H25N3O3S/c1-5-12(2)17-15(19)13-6-8-14(9-7-13)22(20,21)16-10-11-18(3)4/h6-9,12,16H,5,10-11H2,1-4H3,(H,17,19). The fourth-order valence-electron chi connectivity index (χ4n) is 1.68. The molecule has 1 atom stereocenters. The first-order valence-electron chi connectivity index (χ1n) is 7.31. The summed E-state index contributed by atoms with van der Waals surface area (Å²) in [6.07, 6.45) is 0.841. The summed E-state index contributed by atoms with van der Waals surface area (Å²) < 4.78 is 26.7. The highest BCUT2D eigenvalue weighted by molar-refractivity contribution is 7.89. The maximum atomic E-state index is 12.1. The highest BCUT2D eigenvalue weighted by Crippen LogP contribution is 2.10. The molecule has 2 N–H and O–H groups in total. The van der Waals surface area contributed by atoms with Crippen molar-refractivity contribution in [2.24, 2.45) is 0 Å². The van der Waals surface area contributed by atoms with Gasteiger partial charge in [0.1, 0.15) is 0 Å². The van der Waals surface area contributed by atoms with Crippen LogP contribution in [0.4, 0.5) is 0 Å². The summed E-state index contributed by atoms with van der Waals surface area (Å²) in [6.45, 7) is 4.87. The summed E-state index contributed by atoms with van der Waals surface area (Å²) in [7, 11) is 0.214. The SMILES string of the molecule is CCC(C)NC(=O)c1ccc(S(=O)(=O)NCCN(C)C)cc1. The minimum absolute atomic E-state index is 0.0867. The molecule has 1 unspecified atom stereocenters. The Kier molecular flexibility index (Phi) is 6.99. The second-order valence-corrected chi connectivity index (χ2v) is 7.28. The summed E-state index contributed by atoms with van der Waals surface area (Å²) in [5.41, 5.74) is 0.451. The molecule has 0 bridgehead atoms. The van der Waals surface area contributed by atoms with Crippen LogP contribution in [0.5, 0.6) is 0 Å². The molecular formula is C15H25N3O3S. The van der Waals surface area contributed by atoms with Gasteiger partial charge in [0.25, 0.3) is 5.91 Å². The van der Waals surface area contributed by atoms with Gasteiger partial charge in [-0.05, 0) is 51.7 Å². The molecule has 7 heteroatoms. The highest BCUT2D eigenvalue weighted by Gasteiger charge is 2.15. The van der Waals surface area contributed by atoms with Crippen LogP contribution in [0.15, 0.2) is 29.2 Å². The average molecular weight is 327 g/mol. The number of hydrogen-bond acceptors (Lipinski definition) is 4. The van der Waals surface area contributed by atoms with Crippen molar-refractivity contribution in [3.63, 3.8) is 0 Å². The molecule has 22 heavy (non-hydrogen) atoms. The second kappa shape index (κ2) is 8.26. The largest absolute Gasteiger partial charge is 0.350 e. The quantitative estimate of drug-likeness (QED) is 0.748. The van der Waals surface area contributed by atoms with Crippen molar-refractivity contribution >= 4 is 15.9 Å². The zero-order valence-corrected chi connectivity index (χ0v) is 14.4. The molecule has 0 saturated heterocycles. The minimum atomic E-state index is -3.53. The number of likely N-dealkylation sites (N-methyl/N-ethyl adjacent to an activating group) is 1. The molecule has 0 aliphatic heterocycles. The normalized spacial score (nSPS) is 13.1. The van der Waals surface area contributed by atoms with Crippen LogP contribution in [0, 0.1) is 0 Å². The molecule has 1 aromatic carbocycles. The Hall–Kier alpha value is -1.44. The lowest BCUT2D eigenvalue weighted by Gasteiger charge is -2.12. The molecule has 1 rings (SSSR count). The molecule has 0 saturated carbocycles. The van der Waals surface area contributed by atoms with Gasteiger partial charge in [-0.2, -0.15) is 0 Å². The highest BCUT2D eigenvalue weighted by atomic mass is 32.2. The van der Waals surface area contributed by atoms with E-state index in [1.165, 1.54) is 24.3 Å². The predicted octanol–water partition coefficient (Wildman–Crippen LogP) is 1.05. The van der Waals surface area contributed by atoms with Gasteiger partial charge in [-0.15, -0.1) is 0 Å². The first-order valence-corrected chi connectivity index (χ1v) is 8.80. The van der Waals surface area contributed by atoms with Gasteiger partial charge < -0.3 is 10.2 Å². The summed E-state index contributed by atoms with van der Waals surface area (Å²) >= 11 is 0. The molecule has 0 aliphatic rings. The molecule has 6 nitrogen and oxygen atoms in total. The van der Waals surface area contributed by atoms with Crippen LogP contribution >= 0.6 is 0 Å². The predicted molar refractivity (Wildman–Crippen MR) is 87.4 cm³/mol. The number of carbonyl (C=O) groups excluding carboxylic acids is 1. The van der Waals surface area contributed by atoms with Gasteiger partial charge >= 0.3 is 0 Å². The van der Waals surface area contributed by atoms with E-state index in [0.29, 0.717) is 18.7 Å². The van der Waals surface area contributed by atoms with E-state index in [4.69, 9.17) is 0 Å². The van der Waals surface area contributed by atoms with Gasteiger partial charge in [0, 0.05) is 24.7 Å². The number of rotatable bonds is 8. The van der Waals surface area contributed by atoms with Crippen LogP contribution in [-0.2, 0) is 10.0 Å². The van der Waals surface area contributed by atoms with Gasteiger partial charge in [-0.3, -0.25) is 4.79 Å². The molecule has 1 aromatic rings. The Bertz CT molecular complexity index is 583. The molecule has 0 radical (unpaired) electrons. The van der Waals surface area contributed by atoms with Crippen molar-refractivity contribution in [2.75, 3.05) is 27.2 Å². The van der Waals surface area contributed by atoms with Crippen molar-refractivity contribution in [1.29, 1.82) is 0 Å². The molecule has 0 aliphatic carbocycles. The van der Waals surface area contributed by atoms with E-state index < -0.39 is 10.0 Å². The number of benzene rings is 1. The minimum Gasteiger partial charge on any atom is -0.350 e. The van der Waals surface area contributed by atoms with Gasteiger partial charge in [0.2, 0.25) is 10.0 Å². The van der Waals surface area contributed by atoms with E-state index in [-0.39, 0.29) is 16.8 Å². The van der Waals surface area contributed by atoms with Gasteiger partial charge in [0.15, 0.2) is 0 Å². The zero-order valence-electron chi connectivity index (χ0n) is 13.6. The second-order valence-electron chi connectivity index (χ2n) is 5.51. The molecule has 1 amide bonds. The number of hydrogen-bond donors (Lipinski definition) is 2. The zero-order chi connectivity index (χ0) is 16.8. The van der Waals surface area contributed by atoms with Gasteiger partial charge in [0.05, 0.1) is 4.90 Å². The molecule has 0 spiro atoms. The van der Waals surface area contributed by atoms with Crippen molar-refractivity contribution < 1.29 is 13.2 Å². The van der Waals surface area contributed by atoms with Crippen LogP contribution in [0.3, 0.4) is 0 Å². The molecule has 0 heterocycles. The number of sulfonamides is 1. The molecular weight excluding hydrogens is 302 g/mol. The summed E-state index contributed by atoms with van der Waals surface area (Å²) in [5, 5.41) is 2.84. The number of amides is 1. The molecule has 0 aromatic heterocycles. The van der Waals surface area contributed by atoms with Crippen LogP contribution < -0.4 is 10.0 Å². The smallest absolute Gasteiger partial charge is 0.251 e. The lowest BCUT2D eigenvalue weighted by Crippen LogP contribution is -2.32. The topological polar surface area (TPSA) is 78.5 Å². The van der Waals surface area contributed by atoms with E-state index in [1.807, 2.05) is 32.8 Å².